The Morgan fingerprint density at radius 1 is 0.475 bits per heavy atom. The number of likely N-dealkylation sites (tertiary alicyclic amines) is 3. The first kappa shape index (κ1) is 77.9. The number of nitrogens with two attached hydrogens (primary N) is 1. The fourth-order valence-corrected chi connectivity index (χ4v) is 11.9. The molecular formula is C73H85ClN8O16S. The molecule has 1 amide bonds. The molecule has 0 aromatic heterocycles. The number of carbonyl (C=O) groups excluding carboxylic acids is 3. The van der Waals surface area contributed by atoms with E-state index >= 15 is 0 Å². The lowest BCUT2D eigenvalue weighted by atomic mass is 9.95. The zero-order valence-corrected chi connectivity index (χ0v) is 57.3. The number of nitro benzene ring substituents is 2. The Morgan fingerprint density at radius 3 is 1.28 bits per heavy atom. The van der Waals surface area contributed by atoms with E-state index in [1.807, 2.05) is 95.9 Å². The van der Waals surface area contributed by atoms with Gasteiger partial charge in [-0.1, -0.05) is 133 Å². The molecule has 4 fully saturated rings. The van der Waals surface area contributed by atoms with Crippen molar-refractivity contribution in [2.75, 3.05) is 80.0 Å². The molecule has 0 radical (unpaired) electrons. The summed E-state index contributed by atoms with van der Waals surface area (Å²) in [5, 5.41) is 52.3. The van der Waals surface area contributed by atoms with E-state index in [1.54, 1.807) is 62.8 Å². The minimum atomic E-state index is -3.70. The van der Waals surface area contributed by atoms with Gasteiger partial charge in [-0.3, -0.25) is 54.6 Å². The Balaban J connectivity index is 0.000000188. The Kier molecular flexibility index (Phi) is 31.4. The molecule has 526 valence electrons. The SMILES string of the molecule is COc1ccccc1CN1CCC(=O)CC1.COc1ccccc1N.COc1ccccc1S(=O)(=O)Cl.COc1ccccc1[N+](=O)[O-].O=C1CCN(Cc2ccccc2O)CC1.O=C1CNC2(CCN(Cc3ccccc3O)CC2)N1Cc1ccccc1.O=[N+]([O-])c1ccccc1O. The van der Waals surface area contributed by atoms with Crippen LogP contribution in [-0.4, -0.2) is 151 Å². The van der Waals surface area contributed by atoms with Crippen LogP contribution >= 0.6 is 10.7 Å². The van der Waals surface area contributed by atoms with Crippen LogP contribution in [-0.2, 0) is 49.6 Å². The predicted molar refractivity (Wildman–Crippen MR) is 378 cm³/mol. The van der Waals surface area contributed by atoms with Crippen molar-refractivity contribution in [3.05, 3.63) is 243 Å². The molecule has 4 saturated heterocycles. The summed E-state index contributed by atoms with van der Waals surface area (Å²) in [6.07, 6.45) is 4.48. The van der Waals surface area contributed by atoms with Gasteiger partial charge in [0.1, 0.15) is 45.2 Å². The fraction of sp³-hybridized carbons (Fsp3) is 0.301. The first-order chi connectivity index (χ1) is 47.6. The van der Waals surface area contributed by atoms with Crippen LogP contribution in [0.1, 0.15) is 60.8 Å². The summed E-state index contributed by atoms with van der Waals surface area (Å²) >= 11 is 0. The maximum absolute atomic E-state index is 12.5. The van der Waals surface area contributed by atoms with Crippen molar-refractivity contribution < 1.29 is 66.9 Å². The summed E-state index contributed by atoms with van der Waals surface area (Å²) < 4.78 is 41.6. The summed E-state index contributed by atoms with van der Waals surface area (Å²) in [5.74, 6) is 3.53. The molecule has 24 nitrogen and oxygen atoms in total. The molecule has 8 aromatic carbocycles. The Hall–Kier alpha value is -10.2. The van der Waals surface area contributed by atoms with Crippen LogP contribution in [0.15, 0.2) is 205 Å². The smallest absolute Gasteiger partial charge is 0.310 e. The number of methoxy groups -OCH3 is 4. The van der Waals surface area contributed by atoms with Gasteiger partial charge >= 0.3 is 11.4 Å². The molecule has 1 spiro atoms. The van der Waals surface area contributed by atoms with Crippen LogP contribution in [0, 0.1) is 20.2 Å². The number of rotatable bonds is 15. The van der Waals surface area contributed by atoms with E-state index in [9.17, 15) is 53.2 Å². The number of halogens is 1. The van der Waals surface area contributed by atoms with Crippen LogP contribution < -0.4 is 30.0 Å². The van der Waals surface area contributed by atoms with Crippen LogP contribution in [0.3, 0.4) is 0 Å². The minimum Gasteiger partial charge on any atom is -0.508 e. The number of nitrogen functional groups attached to an aromatic ring is 1. The maximum Gasteiger partial charge on any atom is 0.310 e. The first-order valence-electron chi connectivity index (χ1n) is 31.7. The summed E-state index contributed by atoms with van der Waals surface area (Å²) in [6.45, 7) is 8.61. The highest BCUT2D eigenvalue weighted by atomic mass is 35.7. The Bertz CT molecular complexity index is 3990. The standard InChI is InChI=1S/C21H25N3O2.C13H17NO2.C12H15NO2.C7H7ClO3S.C7H7NO3.C7H9NO.C6H5NO3/c25-19-9-5-4-8-18(19)16-23-12-10-21(11-13-23)22-14-20(26)24(21)15-17-6-2-1-3-7-17;1-16-13-5-3-2-4-11(13)10-14-8-6-12(15)7-9-14;14-11-5-7-13(8-6-11)9-10-3-1-2-4-12(10)15;1-11-6-4-2-3-5-7(6)12(8,9)10;1-11-7-5-3-2-4-6(7)8(9)10;1-9-7-5-3-2-4-6(7)8;8-6-4-2-1-3-5(6)7(9)10/h1-9,22,25H,10-16H2;2-5H,6-10H2,1H3;1-4,15H,5-9H2;2-5H,1H3;2-5H,1H3;2-5H,8H2,1H3;1-4,8H. The number of carbonyl (C=O) groups is 3. The highest BCUT2D eigenvalue weighted by Gasteiger charge is 2.46. The van der Waals surface area contributed by atoms with Gasteiger partial charge in [0.05, 0.1) is 56.2 Å². The first-order valence-corrected chi connectivity index (χ1v) is 34.0. The zero-order valence-electron chi connectivity index (χ0n) is 55.8. The molecule has 0 unspecified atom stereocenters. The minimum absolute atomic E-state index is 0.00463. The van der Waals surface area contributed by atoms with E-state index in [4.69, 9.17) is 40.5 Å². The number of para-hydroxylation sites is 10. The summed E-state index contributed by atoms with van der Waals surface area (Å²) in [4.78, 5) is 62.8. The topological polar surface area (TPSA) is 320 Å². The lowest BCUT2D eigenvalue weighted by Gasteiger charge is -2.44. The zero-order chi connectivity index (χ0) is 71.7. The number of hydrogen-bond acceptors (Lipinski definition) is 21. The molecule has 4 heterocycles. The van der Waals surface area contributed by atoms with Gasteiger partial charge < -0.3 is 44.9 Å². The predicted octanol–water partition coefficient (Wildman–Crippen LogP) is 11.5. The number of amides is 1. The number of nitrogens with one attached hydrogen (secondary N) is 1. The van der Waals surface area contributed by atoms with Gasteiger partial charge in [0.25, 0.3) is 9.05 Å². The van der Waals surface area contributed by atoms with Gasteiger partial charge in [0.15, 0.2) is 11.5 Å². The van der Waals surface area contributed by atoms with E-state index in [-0.39, 0.29) is 45.1 Å². The van der Waals surface area contributed by atoms with Crippen molar-refractivity contribution in [2.24, 2.45) is 0 Å². The summed E-state index contributed by atoms with van der Waals surface area (Å²) in [5.41, 5.74) is 9.94. The molecule has 0 bridgehead atoms. The van der Waals surface area contributed by atoms with Crippen molar-refractivity contribution in [2.45, 2.75) is 75.3 Å². The average molecular weight is 1400 g/mol. The van der Waals surface area contributed by atoms with Crippen LogP contribution in [0.5, 0.6) is 40.2 Å². The number of nitrogens with zero attached hydrogens (tertiary/aromatic N) is 6. The van der Waals surface area contributed by atoms with E-state index in [2.05, 4.69) is 38.2 Å². The molecule has 0 atom stereocenters. The second-order valence-electron chi connectivity index (χ2n) is 22.8. The number of ether oxygens (including phenoxy) is 4. The number of nitro groups is 2. The number of anilines is 1. The second-order valence-corrected chi connectivity index (χ2v) is 25.4. The molecule has 4 aliphatic heterocycles. The van der Waals surface area contributed by atoms with Crippen molar-refractivity contribution >= 4 is 54.3 Å². The number of hydrogen-bond donors (Lipinski definition) is 5. The second kappa shape index (κ2) is 39.9. The summed E-state index contributed by atoms with van der Waals surface area (Å²) in [6, 6.07) is 58.5. The van der Waals surface area contributed by atoms with Crippen molar-refractivity contribution in [1.82, 2.24) is 24.9 Å². The van der Waals surface area contributed by atoms with Gasteiger partial charge in [0, 0.05) is 131 Å². The largest absolute Gasteiger partial charge is 0.508 e. The number of benzene rings is 8. The van der Waals surface area contributed by atoms with Crippen molar-refractivity contribution in [1.29, 1.82) is 0 Å². The molecule has 6 N–H and O–H groups in total. The van der Waals surface area contributed by atoms with Crippen LogP contribution in [0.2, 0.25) is 0 Å². The van der Waals surface area contributed by atoms with Gasteiger partial charge in [-0.05, 0) is 73.0 Å². The Morgan fingerprint density at radius 2 is 0.859 bits per heavy atom. The number of Topliss-reactive ketones (excluding diaryl/α,β-unsaturated/α-hetero) is 2. The highest BCUT2D eigenvalue weighted by molar-refractivity contribution is 8.13. The molecule has 0 aliphatic carbocycles. The molecule has 8 aromatic rings. The van der Waals surface area contributed by atoms with Gasteiger partial charge in [0.2, 0.25) is 5.91 Å². The highest BCUT2D eigenvalue weighted by Crippen LogP contribution is 2.34. The van der Waals surface area contributed by atoms with E-state index in [1.165, 1.54) is 67.8 Å². The maximum atomic E-state index is 12.5. The Labute approximate surface area is 581 Å². The van der Waals surface area contributed by atoms with Crippen molar-refractivity contribution in [3.63, 3.8) is 0 Å². The van der Waals surface area contributed by atoms with E-state index < -0.39 is 18.9 Å². The number of piperidine rings is 3. The quantitative estimate of drug-likeness (QED) is 0.0275. The van der Waals surface area contributed by atoms with E-state index in [0.717, 1.165) is 94.4 Å². The normalized spacial score (nSPS) is 14.9. The van der Waals surface area contributed by atoms with E-state index in [0.29, 0.717) is 67.5 Å². The number of ketones is 2. The molecule has 12 rings (SSSR count). The lowest BCUT2D eigenvalue weighted by molar-refractivity contribution is -0.386. The summed E-state index contributed by atoms with van der Waals surface area (Å²) in [7, 11) is 7.53. The number of phenolic OH excluding ortho intramolecular Hbond substituents is 3. The molecule has 0 saturated carbocycles. The lowest BCUT2D eigenvalue weighted by Crippen LogP contribution is -2.58. The molecular weight excluding hydrogens is 1310 g/mol. The van der Waals surface area contributed by atoms with Gasteiger partial charge in [-0.15, -0.1) is 0 Å². The number of aromatic hydroxyl groups is 3. The van der Waals surface area contributed by atoms with Gasteiger partial charge in [-0.2, -0.15) is 0 Å². The van der Waals surface area contributed by atoms with Crippen molar-refractivity contribution in [3.8, 4) is 40.2 Å². The van der Waals surface area contributed by atoms with Crippen LogP contribution in [0.4, 0.5) is 17.1 Å². The van der Waals surface area contributed by atoms with Gasteiger partial charge in [-0.25, -0.2) is 8.42 Å². The fourth-order valence-electron chi connectivity index (χ4n) is 10.9. The molecule has 99 heavy (non-hydrogen) atoms. The molecule has 4 aliphatic rings. The third kappa shape index (κ3) is 25.0. The third-order valence-electron chi connectivity index (χ3n) is 16.3. The number of phenols is 3. The monoisotopic (exact) mass is 1400 g/mol. The van der Waals surface area contributed by atoms with Crippen LogP contribution in [0.25, 0.3) is 0 Å². The molecule has 26 heteroatoms. The average Bonchev–Trinajstić information content (AvgIpc) is 1.64. The third-order valence-corrected chi connectivity index (χ3v) is 17.6.